The molecule has 33 heavy (non-hydrogen) atoms. The van der Waals surface area contributed by atoms with Gasteiger partial charge in [0.15, 0.2) is 0 Å². The Morgan fingerprint density at radius 3 is 2.76 bits per heavy atom. The van der Waals surface area contributed by atoms with E-state index in [9.17, 15) is 15.2 Å². The van der Waals surface area contributed by atoms with Crippen LogP contribution in [0.5, 0.6) is 11.6 Å². The maximum Gasteiger partial charge on any atom is 0.335 e. The number of allylic oxidation sites excluding steroid dienone is 1. The van der Waals surface area contributed by atoms with Gasteiger partial charge < -0.3 is 20.3 Å². The van der Waals surface area contributed by atoms with Crippen LogP contribution < -0.4 is 15.2 Å². The van der Waals surface area contributed by atoms with E-state index >= 15 is 0 Å². The van der Waals surface area contributed by atoms with E-state index in [0.29, 0.717) is 28.6 Å². The third-order valence-corrected chi connectivity index (χ3v) is 5.71. The summed E-state index contributed by atoms with van der Waals surface area (Å²) in [5.41, 5.74) is 9.08. The SMILES string of the molecule is Cc1nn(-c2cccc(C(=O)O)c2)c2c1C(c1cc(Br)ccc1OC(C)C)C(C#N)=C(N)O2. The molecule has 1 aliphatic heterocycles. The van der Waals surface area contributed by atoms with E-state index in [-0.39, 0.29) is 23.1 Å². The predicted octanol–water partition coefficient (Wildman–Crippen LogP) is 4.65. The highest BCUT2D eigenvalue weighted by Gasteiger charge is 2.38. The van der Waals surface area contributed by atoms with Gasteiger partial charge in [-0.1, -0.05) is 22.0 Å². The normalized spacial score (nSPS) is 15.1. The summed E-state index contributed by atoms with van der Waals surface area (Å²) in [6, 6.07) is 14.1. The first kappa shape index (κ1) is 22.4. The van der Waals surface area contributed by atoms with Crippen LogP contribution in [0.1, 0.15) is 46.9 Å². The smallest absolute Gasteiger partial charge is 0.335 e. The largest absolute Gasteiger partial charge is 0.491 e. The number of aromatic carboxylic acids is 1. The fraction of sp³-hybridized carbons (Fsp3) is 0.208. The van der Waals surface area contributed by atoms with Crippen molar-refractivity contribution in [3.8, 4) is 23.4 Å². The Morgan fingerprint density at radius 2 is 2.09 bits per heavy atom. The zero-order valence-electron chi connectivity index (χ0n) is 18.2. The number of nitrogens with two attached hydrogens (primary N) is 1. The number of ether oxygens (including phenoxy) is 2. The van der Waals surface area contributed by atoms with Crippen molar-refractivity contribution in [2.45, 2.75) is 32.8 Å². The number of aromatic nitrogens is 2. The number of carboxylic acid groups (broad SMARTS) is 1. The number of benzene rings is 2. The van der Waals surface area contributed by atoms with Crippen molar-refractivity contribution in [2.75, 3.05) is 0 Å². The van der Waals surface area contributed by atoms with Crippen molar-refractivity contribution in [1.29, 1.82) is 5.26 Å². The minimum absolute atomic E-state index is 0.0407. The van der Waals surface area contributed by atoms with Gasteiger partial charge in [-0.2, -0.15) is 10.4 Å². The minimum atomic E-state index is -1.05. The number of rotatable bonds is 5. The highest BCUT2D eigenvalue weighted by molar-refractivity contribution is 9.10. The lowest BCUT2D eigenvalue weighted by atomic mass is 9.83. The number of aryl methyl sites for hydroxylation is 1. The van der Waals surface area contributed by atoms with Gasteiger partial charge in [0.2, 0.25) is 11.8 Å². The number of carbonyl (C=O) groups is 1. The van der Waals surface area contributed by atoms with Crippen molar-refractivity contribution < 1.29 is 19.4 Å². The topological polar surface area (TPSA) is 123 Å². The van der Waals surface area contributed by atoms with Crippen LogP contribution in [0, 0.1) is 18.3 Å². The molecule has 1 aromatic heterocycles. The molecule has 0 aliphatic carbocycles. The molecule has 0 spiro atoms. The average Bonchev–Trinajstić information content (AvgIpc) is 3.09. The molecule has 0 saturated carbocycles. The number of fused-ring (bicyclic) bond motifs is 1. The standard InChI is InChI=1S/C24H21BrN4O4/c1-12(2)32-19-8-7-15(25)10-17(19)21-18(11-26)22(27)33-23-20(21)13(3)28-29(23)16-6-4-5-14(9-16)24(30)31/h4-10,12,21H,27H2,1-3H3,(H,30,31). The van der Waals surface area contributed by atoms with E-state index < -0.39 is 11.9 Å². The molecule has 0 saturated heterocycles. The predicted molar refractivity (Wildman–Crippen MR) is 124 cm³/mol. The Hall–Kier alpha value is -3.77. The fourth-order valence-electron chi connectivity index (χ4n) is 3.88. The number of hydrogen-bond donors (Lipinski definition) is 2. The Balaban J connectivity index is 1.97. The number of hydrogen-bond acceptors (Lipinski definition) is 6. The summed E-state index contributed by atoms with van der Waals surface area (Å²) in [6.07, 6.45) is -0.0846. The van der Waals surface area contributed by atoms with Gasteiger partial charge >= 0.3 is 5.97 Å². The third kappa shape index (κ3) is 4.05. The molecule has 0 fully saturated rings. The van der Waals surface area contributed by atoms with Crippen molar-refractivity contribution in [2.24, 2.45) is 5.73 Å². The molecule has 0 bridgehead atoms. The van der Waals surface area contributed by atoms with Gasteiger partial charge in [-0.3, -0.25) is 0 Å². The van der Waals surface area contributed by atoms with E-state index in [0.717, 1.165) is 10.0 Å². The lowest BCUT2D eigenvalue weighted by Crippen LogP contribution is -2.23. The molecule has 1 unspecified atom stereocenters. The summed E-state index contributed by atoms with van der Waals surface area (Å²) in [7, 11) is 0. The summed E-state index contributed by atoms with van der Waals surface area (Å²) < 4.78 is 14.2. The van der Waals surface area contributed by atoms with Crippen molar-refractivity contribution in [3.63, 3.8) is 0 Å². The molecule has 2 heterocycles. The quantitative estimate of drug-likeness (QED) is 0.513. The Bertz CT molecular complexity index is 1340. The first-order valence-electron chi connectivity index (χ1n) is 10.2. The highest BCUT2D eigenvalue weighted by atomic mass is 79.9. The molecule has 1 atom stereocenters. The zero-order valence-corrected chi connectivity index (χ0v) is 19.8. The van der Waals surface area contributed by atoms with Gasteiger partial charge in [0.1, 0.15) is 17.4 Å². The first-order valence-corrected chi connectivity index (χ1v) is 11.0. The molecule has 1 aliphatic rings. The summed E-state index contributed by atoms with van der Waals surface area (Å²) in [5, 5.41) is 24.0. The lowest BCUT2D eigenvalue weighted by Gasteiger charge is -2.27. The van der Waals surface area contributed by atoms with Gasteiger partial charge in [-0.15, -0.1) is 0 Å². The average molecular weight is 509 g/mol. The monoisotopic (exact) mass is 508 g/mol. The Morgan fingerprint density at radius 1 is 1.33 bits per heavy atom. The van der Waals surface area contributed by atoms with Crippen molar-refractivity contribution in [3.05, 3.63) is 80.8 Å². The van der Waals surface area contributed by atoms with Crippen molar-refractivity contribution >= 4 is 21.9 Å². The van der Waals surface area contributed by atoms with E-state index in [1.807, 2.05) is 39.0 Å². The fourth-order valence-corrected chi connectivity index (χ4v) is 4.26. The lowest BCUT2D eigenvalue weighted by molar-refractivity contribution is 0.0696. The number of nitrogens with zero attached hydrogens (tertiary/aromatic N) is 3. The zero-order chi connectivity index (χ0) is 23.9. The van der Waals surface area contributed by atoms with Crippen LogP contribution in [0.25, 0.3) is 5.69 Å². The van der Waals surface area contributed by atoms with Crippen LogP contribution in [-0.2, 0) is 0 Å². The molecule has 8 nitrogen and oxygen atoms in total. The summed E-state index contributed by atoms with van der Waals surface area (Å²) >= 11 is 3.51. The molecular weight excluding hydrogens is 488 g/mol. The second-order valence-corrected chi connectivity index (χ2v) is 8.76. The molecule has 4 rings (SSSR count). The third-order valence-electron chi connectivity index (χ3n) is 5.22. The van der Waals surface area contributed by atoms with E-state index in [4.69, 9.17) is 15.2 Å². The molecule has 0 radical (unpaired) electrons. The number of carboxylic acids is 1. The second kappa shape index (κ2) is 8.64. The summed E-state index contributed by atoms with van der Waals surface area (Å²) in [5.74, 6) is -0.731. The molecule has 3 N–H and O–H groups in total. The van der Waals surface area contributed by atoms with Crippen LogP contribution >= 0.6 is 15.9 Å². The molecule has 0 amide bonds. The summed E-state index contributed by atoms with van der Waals surface area (Å²) in [4.78, 5) is 11.5. The van der Waals surface area contributed by atoms with Gasteiger partial charge in [-0.05, 0) is 57.2 Å². The van der Waals surface area contributed by atoms with Crippen LogP contribution in [0.2, 0.25) is 0 Å². The minimum Gasteiger partial charge on any atom is -0.491 e. The van der Waals surface area contributed by atoms with Gasteiger partial charge in [0, 0.05) is 10.0 Å². The first-order chi connectivity index (χ1) is 15.7. The van der Waals surface area contributed by atoms with Crippen molar-refractivity contribution in [1.82, 2.24) is 9.78 Å². The maximum atomic E-state index is 11.5. The molecule has 9 heteroatoms. The summed E-state index contributed by atoms with van der Waals surface area (Å²) in [6.45, 7) is 5.66. The van der Waals surface area contributed by atoms with Crippen LogP contribution in [-0.4, -0.2) is 27.0 Å². The van der Waals surface area contributed by atoms with Gasteiger partial charge in [-0.25, -0.2) is 9.48 Å². The molecule has 168 valence electrons. The second-order valence-electron chi connectivity index (χ2n) is 7.85. The van der Waals surface area contributed by atoms with Crippen LogP contribution in [0.3, 0.4) is 0 Å². The maximum absolute atomic E-state index is 11.5. The van der Waals surface area contributed by atoms with Crippen LogP contribution in [0.15, 0.2) is 58.4 Å². The van der Waals surface area contributed by atoms with Gasteiger partial charge in [0.05, 0.1) is 34.5 Å². The molecule has 2 aromatic carbocycles. The van der Waals surface area contributed by atoms with E-state index in [1.165, 1.54) is 16.8 Å². The Labute approximate surface area is 199 Å². The van der Waals surface area contributed by atoms with Crippen LogP contribution in [0.4, 0.5) is 0 Å². The number of nitriles is 1. The van der Waals surface area contributed by atoms with Gasteiger partial charge in [0.25, 0.3) is 0 Å². The Kier molecular flexibility index (Phi) is 5.87. The molecule has 3 aromatic rings. The van der Waals surface area contributed by atoms with E-state index in [1.54, 1.807) is 12.1 Å². The molecular formula is C24H21BrN4O4. The highest BCUT2D eigenvalue weighted by Crippen LogP contribution is 2.47. The van der Waals surface area contributed by atoms with E-state index in [2.05, 4.69) is 27.1 Å². The number of halogens is 1.